The Hall–Kier alpha value is -1.23. The Balaban J connectivity index is 3.02. The van der Waals surface area contributed by atoms with Crippen LogP contribution >= 0.6 is 11.8 Å². The monoisotopic (exact) mass is 199 g/mol. The summed E-state index contributed by atoms with van der Waals surface area (Å²) in [5, 5.41) is 9.84. The lowest BCUT2D eigenvalue weighted by Crippen LogP contribution is -2.01. The fourth-order valence-corrected chi connectivity index (χ4v) is 1.25. The van der Waals surface area contributed by atoms with Crippen LogP contribution in [0.25, 0.3) is 0 Å². The standard InChI is InChI=1S/C8H9NO3S/c1-12-8(11)5-3-6(10)7(13-2)9-4-5/h3-4,10H,1-2H3. The van der Waals surface area contributed by atoms with Crippen molar-refractivity contribution >= 4 is 17.7 Å². The van der Waals surface area contributed by atoms with E-state index in [0.717, 1.165) is 0 Å². The van der Waals surface area contributed by atoms with E-state index in [1.54, 1.807) is 6.26 Å². The van der Waals surface area contributed by atoms with Gasteiger partial charge in [0.15, 0.2) is 0 Å². The Morgan fingerprint density at radius 3 is 2.85 bits per heavy atom. The molecule has 1 aromatic heterocycles. The highest BCUT2D eigenvalue weighted by molar-refractivity contribution is 7.98. The van der Waals surface area contributed by atoms with E-state index in [2.05, 4.69) is 9.72 Å². The first-order valence-corrected chi connectivity index (χ1v) is 4.73. The SMILES string of the molecule is COC(=O)c1cnc(SC)c(O)c1. The molecule has 0 bridgehead atoms. The van der Waals surface area contributed by atoms with E-state index in [1.165, 1.54) is 31.1 Å². The summed E-state index contributed by atoms with van der Waals surface area (Å²) in [5.41, 5.74) is 0.248. The first kappa shape index (κ1) is 9.85. The number of carbonyl (C=O) groups is 1. The maximum absolute atomic E-state index is 11.0. The third kappa shape index (κ3) is 2.12. The van der Waals surface area contributed by atoms with Gasteiger partial charge in [0.25, 0.3) is 0 Å². The number of aromatic nitrogens is 1. The third-order valence-corrected chi connectivity index (χ3v) is 2.15. The average Bonchev–Trinajstić information content (AvgIpc) is 2.16. The summed E-state index contributed by atoms with van der Waals surface area (Å²) < 4.78 is 4.47. The summed E-state index contributed by atoms with van der Waals surface area (Å²) >= 11 is 1.31. The molecule has 0 aliphatic carbocycles. The summed E-state index contributed by atoms with van der Waals surface area (Å²) in [6.07, 6.45) is 3.16. The number of hydrogen-bond acceptors (Lipinski definition) is 5. The minimum absolute atomic E-state index is 0.00426. The molecular weight excluding hydrogens is 190 g/mol. The summed E-state index contributed by atoms with van der Waals surface area (Å²) in [5.74, 6) is -0.508. The van der Waals surface area contributed by atoms with E-state index in [-0.39, 0.29) is 11.3 Å². The number of rotatable bonds is 2. The van der Waals surface area contributed by atoms with E-state index in [1.807, 2.05) is 0 Å². The van der Waals surface area contributed by atoms with Crippen molar-refractivity contribution in [2.75, 3.05) is 13.4 Å². The summed E-state index contributed by atoms with van der Waals surface area (Å²) in [6.45, 7) is 0. The minimum Gasteiger partial charge on any atom is -0.505 e. The van der Waals surface area contributed by atoms with E-state index in [4.69, 9.17) is 0 Å². The fraction of sp³-hybridized carbons (Fsp3) is 0.250. The number of methoxy groups -OCH3 is 1. The predicted octanol–water partition coefficient (Wildman–Crippen LogP) is 1.30. The second-order valence-electron chi connectivity index (χ2n) is 2.24. The Bertz CT molecular complexity index is 327. The summed E-state index contributed by atoms with van der Waals surface area (Å²) in [6, 6.07) is 1.34. The number of carbonyl (C=O) groups excluding carboxylic acids is 1. The lowest BCUT2D eigenvalue weighted by Gasteiger charge is -2.02. The van der Waals surface area contributed by atoms with Gasteiger partial charge in [0, 0.05) is 6.20 Å². The molecule has 0 atom stereocenters. The quantitative estimate of drug-likeness (QED) is 0.574. The number of pyridine rings is 1. The van der Waals surface area contributed by atoms with E-state index in [9.17, 15) is 9.90 Å². The molecule has 0 saturated heterocycles. The van der Waals surface area contributed by atoms with Gasteiger partial charge in [0.05, 0.1) is 12.7 Å². The molecule has 0 saturated carbocycles. The highest BCUT2D eigenvalue weighted by Crippen LogP contribution is 2.24. The van der Waals surface area contributed by atoms with Gasteiger partial charge in [-0.2, -0.15) is 0 Å². The zero-order valence-electron chi connectivity index (χ0n) is 7.27. The van der Waals surface area contributed by atoms with E-state index >= 15 is 0 Å². The molecule has 0 fully saturated rings. The van der Waals surface area contributed by atoms with Crippen LogP contribution < -0.4 is 0 Å². The van der Waals surface area contributed by atoms with Gasteiger partial charge in [0.1, 0.15) is 10.8 Å². The van der Waals surface area contributed by atoms with Gasteiger partial charge in [-0.25, -0.2) is 9.78 Å². The lowest BCUT2D eigenvalue weighted by atomic mass is 10.3. The molecule has 5 heteroatoms. The van der Waals surface area contributed by atoms with Crippen LogP contribution in [0, 0.1) is 0 Å². The van der Waals surface area contributed by atoms with Gasteiger partial charge >= 0.3 is 5.97 Å². The van der Waals surface area contributed by atoms with Crippen LogP contribution in [0.3, 0.4) is 0 Å². The van der Waals surface area contributed by atoms with Crippen molar-refractivity contribution in [2.45, 2.75) is 5.03 Å². The molecule has 13 heavy (non-hydrogen) atoms. The number of ether oxygens (including phenoxy) is 1. The molecule has 4 nitrogen and oxygen atoms in total. The minimum atomic E-state index is -0.504. The van der Waals surface area contributed by atoms with Gasteiger partial charge in [0.2, 0.25) is 0 Å². The first-order valence-electron chi connectivity index (χ1n) is 3.50. The van der Waals surface area contributed by atoms with Crippen LogP contribution in [0.1, 0.15) is 10.4 Å². The van der Waals surface area contributed by atoms with Crippen LogP contribution in [0.4, 0.5) is 0 Å². The van der Waals surface area contributed by atoms with E-state index in [0.29, 0.717) is 5.03 Å². The zero-order valence-corrected chi connectivity index (χ0v) is 8.09. The molecule has 1 N–H and O–H groups in total. The van der Waals surface area contributed by atoms with Gasteiger partial charge in [-0.3, -0.25) is 0 Å². The van der Waals surface area contributed by atoms with E-state index < -0.39 is 5.97 Å². The molecule has 0 aliphatic heterocycles. The molecule has 70 valence electrons. The molecule has 0 radical (unpaired) electrons. The molecule has 0 unspecified atom stereocenters. The highest BCUT2D eigenvalue weighted by Gasteiger charge is 2.09. The number of thioether (sulfide) groups is 1. The van der Waals surface area contributed by atoms with Crippen molar-refractivity contribution in [3.63, 3.8) is 0 Å². The third-order valence-electron chi connectivity index (χ3n) is 1.45. The molecular formula is C8H9NO3S. The maximum Gasteiger partial charge on any atom is 0.339 e. The van der Waals surface area contributed by atoms with Gasteiger partial charge in [-0.1, -0.05) is 0 Å². The van der Waals surface area contributed by atoms with Crippen molar-refractivity contribution in [1.82, 2.24) is 4.98 Å². The zero-order chi connectivity index (χ0) is 9.84. The van der Waals surface area contributed by atoms with Crippen LogP contribution in [-0.4, -0.2) is 29.4 Å². The Labute approximate surface area is 79.9 Å². The average molecular weight is 199 g/mol. The predicted molar refractivity (Wildman–Crippen MR) is 49.0 cm³/mol. The van der Waals surface area contributed by atoms with Crippen LogP contribution in [0.5, 0.6) is 5.75 Å². The second-order valence-corrected chi connectivity index (χ2v) is 3.04. The van der Waals surface area contributed by atoms with Crippen molar-refractivity contribution in [3.8, 4) is 5.75 Å². The molecule has 0 spiro atoms. The molecule has 0 aromatic carbocycles. The van der Waals surface area contributed by atoms with Crippen molar-refractivity contribution in [3.05, 3.63) is 17.8 Å². The highest BCUT2D eigenvalue weighted by atomic mass is 32.2. The topological polar surface area (TPSA) is 59.4 Å². The van der Waals surface area contributed by atoms with Crippen molar-refractivity contribution in [2.24, 2.45) is 0 Å². The lowest BCUT2D eigenvalue weighted by molar-refractivity contribution is 0.0599. The molecule has 1 heterocycles. The normalized spacial score (nSPS) is 9.69. The number of hydrogen-bond donors (Lipinski definition) is 1. The van der Waals surface area contributed by atoms with Gasteiger partial charge < -0.3 is 9.84 Å². The van der Waals surface area contributed by atoms with Crippen LogP contribution in [0.2, 0.25) is 0 Å². The fourth-order valence-electron chi connectivity index (χ4n) is 0.827. The molecule has 1 aromatic rings. The number of nitrogens with zero attached hydrogens (tertiary/aromatic N) is 1. The second kappa shape index (κ2) is 4.13. The Morgan fingerprint density at radius 2 is 2.38 bits per heavy atom. The van der Waals surface area contributed by atoms with Crippen molar-refractivity contribution in [1.29, 1.82) is 0 Å². The smallest absolute Gasteiger partial charge is 0.339 e. The molecule has 1 rings (SSSR count). The number of aromatic hydroxyl groups is 1. The van der Waals surface area contributed by atoms with Gasteiger partial charge in [-0.15, -0.1) is 11.8 Å². The largest absolute Gasteiger partial charge is 0.505 e. The maximum atomic E-state index is 11.0. The van der Waals surface area contributed by atoms with Crippen molar-refractivity contribution < 1.29 is 14.6 Å². The first-order chi connectivity index (χ1) is 6.19. The number of esters is 1. The summed E-state index contributed by atoms with van der Waals surface area (Å²) in [7, 11) is 1.28. The molecule has 0 amide bonds. The summed E-state index contributed by atoms with van der Waals surface area (Å²) in [4.78, 5) is 14.9. The van der Waals surface area contributed by atoms with Crippen LogP contribution in [0.15, 0.2) is 17.3 Å². The Morgan fingerprint density at radius 1 is 1.69 bits per heavy atom. The van der Waals surface area contributed by atoms with Gasteiger partial charge in [-0.05, 0) is 12.3 Å². The molecule has 0 aliphatic rings. The van der Waals surface area contributed by atoms with Crippen LogP contribution in [-0.2, 0) is 4.74 Å². The Kier molecular flexibility index (Phi) is 3.13.